The van der Waals surface area contributed by atoms with Crippen LogP contribution in [0.5, 0.6) is 0 Å². The standard InChI is InChI=1S/C10H19NSi2/c1-12(2)11-13(3,4)10-8-6-5-7-9-10/h5-9,11-12H,1-4H3. The molecule has 0 atom stereocenters. The fourth-order valence-electron chi connectivity index (χ4n) is 1.66. The molecule has 0 unspecified atom stereocenters. The summed E-state index contributed by atoms with van der Waals surface area (Å²) in [5.41, 5.74) is 0. The first-order valence-electron chi connectivity index (χ1n) is 4.85. The minimum Gasteiger partial charge on any atom is -0.359 e. The van der Waals surface area contributed by atoms with E-state index >= 15 is 0 Å². The third-order valence-electron chi connectivity index (χ3n) is 2.14. The van der Waals surface area contributed by atoms with Crippen LogP contribution in [-0.4, -0.2) is 17.2 Å². The van der Waals surface area contributed by atoms with E-state index in [1.807, 2.05) is 0 Å². The predicted octanol–water partition coefficient (Wildman–Crippen LogP) is 1.67. The highest BCUT2D eigenvalue weighted by atomic mass is 28.4. The van der Waals surface area contributed by atoms with Crippen LogP contribution < -0.4 is 9.83 Å². The molecule has 1 aromatic rings. The fourth-order valence-corrected chi connectivity index (χ4v) is 9.13. The van der Waals surface area contributed by atoms with Crippen molar-refractivity contribution in [3.63, 3.8) is 0 Å². The molecule has 0 spiro atoms. The Hall–Kier alpha value is -0.386. The minimum atomic E-state index is -1.33. The van der Waals surface area contributed by atoms with Crippen molar-refractivity contribution in [1.82, 2.24) is 4.65 Å². The second-order valence-electron chi connectivity index (χ2n) is 4.29. The van der Waals surface area contributed by atoms with E-state index in [0.29, 0.717) is 0 Å². The normalized spacial score (nSPS) is 12.1. The van der Waals surface area contributed by atoms with Crippen molar-refractivity contribution in [2.45, 2.75) is 26.2 Å². The molecular formula is C10H19NSi2. The van der Waals surface area contributed by atoms with Gasteiger partial charge < -0.3 is 4.65 Å². The van der Waals surface area contributed by atoms with Crippen LogP contribution in [0.1, 0.15) is 0 Å². The largest absolute Gasteiger partial charge is 0.359 e. The maximum absolute atomic E-state index is 3.81. The molecule has 0 saturated carbocycles. The summed E-state index contributed by atoms with van der Waals surface area (Å²) in [4.78, 5) is 0. The summed E-state index contributed by atoms with van der Waals surface area (Å²) in [7, 11) is -1.98. The SMILES string of the molecule is C[SiH](C)N[Si](C)(C)c1ccccc1. The van der Waals surface area contributed by atoms with Gasteiger partial charge in [-0.05, 0) is 5.19 Å². The summed E-state index contributed by atoms with van der Waals surface area (Å²) in [6.45, 7) is 9.46. The lowest BCUT2D eigenvalue weighted by molar-refractivity contribution is 1.38. The monoisotopic (exact) mass is 209 g/mol. The van der Waals surface area contributed by atoms with Gasteiger partial charge in [0, 0.05) is 0 Å². The van der Waals surface area contributed by atoms with Crippen molar-refractivity contribution in [3.05, 3.63) is 30.3 Å². The number of hydrogen-bond donors (Lipinski definition) is 1. The molecule has 3 heteroatoms. The quantitative estimate of drug-likeness (QED) is 0.747. The van der Waals surface area contributed by atoms with Gasteiger partial charge in [0.2, 0.25) is 0 Å². The van der Waals surface area contributed by atoms with Gasteiger partial charge in [0.15, 0.2) is 0 Å². The molecule has 0 radical (unpaired) electrons. The van der Waals surface area contributed by atoms with E-state index in [2.05, 4.69) is 61.2 Å². The van der Waals surface area contributed by atoms with Gasteiger partial charge >= 0.3 is 0 Å². The second-order valence-corrected chi connectivity index (χ2v) is 11.6. The minimum absolute atomic E-state index is 0.654. The van der Waals surface area contributed by atoms with E-state index in [1.54, 1.807) is 0 Å². The second kappa shape index (κ2) is 4.22. The fraction of sp³-hybridized carbons (Fsp3) is 0.400. The van der Waals surface area contributed by atoms with Crippen molar-refractivity contribution in [2.24, 2.45) is 0 Å². The zero-order valence-corrected chi connectivity index (χ0v) is 11.1. The van der Waals surface area contributed by atoms with Crippen LogP contribution >= 0.6 is 0 Å². The highest BCUT2D eigenvalue weighted by Crippen LogP contribution is 1.99. The zero-order chi connectivity index (χ0) is 9.90. The van der Waals surface area contributed by atoms with Crippen molar-refractivity contribution < 1.29 is 0 Å². The molecule has 72 valence electrons. The molecule has 1 rings (SSSR count). The van der Waals surface area contributed by atoms with E-state index in [4.69, 9.17) is 0 Å². The first kappa shape index (κ1) is 10.7. The Bertz CT molecular complexity index is 257. The number of hydrogen-bond acceptors (Lipinski definition) is 1. The van der Waals surface area contributed by atoms with Crippen molar-refractivity contribution in [2.75, 3.05) is 0 Å². The van der Waals surface area contributed by atoms with Gasteiger partial charge in [-0.2, -0.15) is 0 Å². The van der Waals surface area contributed by atoms with E-state index in [9.17, 15) is 0 Å². The first-order chi connectivity index (χ1) is 6.02. The Morgan fingerprint density at radius 3 is 2.08 bits per heavy atom. The van der Waals surface area contributed by atoms with Crippen molar-refractivity contribution >= 4 is 22.4 Å². The van der Waals surface area contributed by atoms with Crippen LogP contribution in [0.3, 0.4) is 0 Å². The summed E-state index contributed by atoms with van der Waals surface area (Å²) in [6, 6.07) is 10.8. The van der Waals surface area contributed by atoms with Gasteiger partial charge in [-0.3, -0.25) is 0 Å². The maximum atomic E-state index is 3.81. The van der Waals surface area contributed by atoms with Gasteiger partial charge in [-0.15, -0.1) is 0 Å². The molecule has 0 aliphatic heterocycles. The van der Waals surface area contributed by atoms with Gasteiger partial charge in [0.25, 0.3) is 0 Å². The van der Waals surface area contributed by atoms with E-state index in [1.165, 1.54) is 5.19 Å². The lowest BCUT2D eigenvalue weighted by atomic mass is 10.4. The molecule has 0 aliphatic rings. The van der Waals surface area contributed by atoms with Gasteiger partial charge in [0.1, 0.15) is 8.24 Å². The van der Waals surface area contributed by atoms with Gasteiger partial charge in [-0.25, -0.2) is 0 Å². The average Bonchev–Trinajstić information content (AvgIpc) is 2.04. The molecule has 0 bridgehead atoms. The number of nitrogens with one attached hydrogen (secondary N) is 1. The molecule has 0 aromatic heterocycles. The van der Waals surface area contributed by atoms with Crippen LogP contribution in [0.4, 0.5) is 0 Å². The zero-order valence-electron chi connectivity index (χ0n) is 8.96. The molecule has 1 aromatic carbocycles. The highest BCUT2D eigenvalue weighted by Gasteiger charge is 2.23. The Labute approximate surface area is 84.0 Å². The predicted molar refractivity (Wildman–Crippen MR) is 65.6 cm³/mol. The Kier molecular flexibility index (Phi) is 3.47. The summed E-state index contributed by atoms with van der Waals surface area (Å²) < 4.78 is 3.81. The lowest BCUT2D eigenvalue weighted by Crippen LogP contribution is -2.59. The van der Waals surface area contributed by atoms with Crippen LogP contribution in [0, 0.1) is 0 Å². The number of rotatable bonds is 3. The molecule has 0 aliphatic carbocycles. The molecule has 0 saturated heterocycles. The Morgan fingerprint density at radius 2 is 1.62 bits per heavy atom. The molecule has 1 N–H and O–H groups in total. The van der Waals surface area contributed by atoms with Crippen molar-refractivity contribution in [1.29, 1.82) is 0 Å². The summed E-state index contributed by atoms with van der Waals surface area (Å²) >= 11 is 0. The molecule has 1 nitrogen and oxygen atoms in total. The Balaban J connectivity index is 2.81. The lowest BCUT2D eigenvalue weighted by Gasteiger charge is -2.26. The van der Waals surface area contributed by atoms with Crippen LogP contribution in [-0.2, 0) is 0 Å². The third kappa shape index (κ3) is 3.10. The molecule has 0 heterocycles. The van der Waals surface area contributed by atoms with Crippen LogP contribution in [0.15, 0.2) is 30.3 Å². The summed E-state index contributed by atoms with van der Waals surface area (Å²) in [5.74, 6) is 0. The average molecular weight is 209 g/mol. The van der Waals surface area contributed by atoms with Crippen LogP contribution in [0.2, 0.25) is 26.2 Å². The Morgan fingerprint density at radius 1 is 1.08 bits per heavy atom. The topological polar surface area (TPSA) is 12.0 Å². The highest BCUT2D eigenvalue weighted by molar-refractivity contribution is 6.93. The smallest absolute Gasteiger partial charge is 0.144 e. The molecular weight excluding hydrogens is 190 g/mol. The van der Waals surface area contributed by atoms with E-state index < -0.39 is 17.2 Å². The van der Waals surface area contributed by atoms with E-state index in [0.717, 1.165) is 0 Å². The molecule has 0 fully saturated rings. The maximum Gasteiger partial charge on any atom is 0.144 e. The van der Waals surface area contributed by atoms with Crippen LogP contribution in [0.25, 0.3) is 0 Å². The summed E-state index contributed by atoms with van der Waals surface area (Å²) in [6.07, 6.45) is 0. The van der Waals surface area contributed by atoms with Gasteiger partial charge in [0.05, 0.1) is 8.96 Å². The third-order valence-corrected chi connectivity index (χ3v) is 9.12. The number of benzene rings is 1. The molecule has 0 amide bonds. The van der Waals surface area contributed by atoms with Crippen molar-refractivity contribution in [3.8, 4) is 0 Å². The first-order valence-corrected chi connectivity index (χ1v) is 10.7. The molecule has 13 heavy (non-hydrogen) atoms. The van der Waals surface area contributed by atoms with Gasteiger partial charge in [-0.1, -0.05) is 56.5 Å². The summed E-state index contributed by atoms with van der Waals surface area (Å²) in [5, 5.41) is 1.51. The van der Waals surface area contributed by atoms with E-state index in [-0.39, 0.29) is 0 Å².